The average Bonchev–Trinajstić information content (AvgIpc) is 2.51. The summed E-state index contributed by atoms with van der Waals surface area (Å²) in [6.45, 7) is -0.192. The van der Waals surface area contributed by atoms with Crippen LogP contribution in [0.5, 0.6) is 17.2 Å². The molecule has 0 saturated heterocycles. The van der Waals surface area contributed by atoms with E-state index >= 15 is 0 Å². The average molecular weight is 331 g/mol. The molecule has 0 amide bonds. The standard InChI is InChI=1S/C16H13NO7/c18-13-7-12(8-14(19)9-13)3-6-16(20)24-15-4-1-11(2-5-15)10-23-17(21)22/h1-9,18-19H,10H2. The molecule has 8 heteroatoms. The van der Waals surface area contributed by atoms with Crippen molar-refractivity contribution in [2.45, 2.75) is 6.61 Å². The topological polar surface area (TPSA) is 119 Å². The Labute approximate surface area is 136 Å². The minimum Gasteiger partial charge on any atom is -0.508 e. The van der Waals surface area contributed by atoms with E-state index in [-0.39, 0.29) is 23.9 Å². The number of hydrogen-bond donors (Lipinski definition) is 2. The molecule has 24 heavy (non-hydrogen) atoms. The van der Waals surface area contributed by atoms with Crippen LogP contribution in [0.15, 0.2) is 48.5 Å². The zero-order valence-corrected chi connectivity index (χ0v) is 12.3. The van der Waals surface area contributed by atoms with Gasteiger partial charge in [-0.25, -0.2) is 4.79 Å². The molecular weight excluding hydrogens is 318 g/mol. The third kappa shape index (κ3) is 5.34. The molecular formula is C16H13NO7. The van der Waals surface area contributed by atoms with Crippen LogP contribution in [-0.4, -0.2) is 21.3 Å². The number of carbonyl (C=O) groups is 1. The molecule has 2 aromatic carbocycles. The molecule has 0 radical (unpaired) electrons. The summed E-state index contributed by atoms with van der Waals surface area (Å²) >= 11 is 0. The van der Waals surface area contributed by atoms with Gasteiger partial charge in [0.05, 0.1) is 0 Å². The summed E-state index contributed by atoms with van der Waals surface area (Å²) in [5, 5.41) is 27.9. The zero-order chi connectivity index (χ0) is 17.5. The first-order chi connectivity index (χ1) is 11.4. The van der Waals surface area contributed by atoms with Crippen molar-refractivity contribution in [1.29, 1.82) is 0 Å². The molecule has 0 fully saturated rings. The van der Waals surface area contributed by atoms with Crippen LogP contribution in [-0.2, 0) is 16.2 Å². The van der Waals surface area contributed by atoms with Crippen LogP contribution in [0.3, 0.4) is 0 Å². The van der Waals surface area contributed by atoms with Crippen LogP contribution >= 0.6 is 0 Å². The maximum absolute atomic E-state index is 11.7. The van der Waals surface area contributed by atoms with Crippen LogP contribution in [0.4, 0.5) is 0 Å². The second kappa shape index (κ2) is 7.63. The Balaban J connectivity index is 1.94. The lowest BCUT2D eigenvalue weighted by Gasteiger charge is -2.03. The van der Waals surface area contributed by atoms with E-state index in [1.165, 1.54) is 48.5 Å². The number of hydrogen-bond acceptors (Lipinski definition) is 7. The maximum Gasteiger partial charge on any atom is 0.336 e. The van der Waals surface area contributed by atoms with Crippen LogP contribution in [0.1, 0.15) is 11.1 Å². The highest BCUT2D eigenvalue weighted by Gasteiger charge is 2.03. The van der Waals surface area contributed by atoms with E-state index < -0.39 is 11.1 Å². The van der Waals surface area contributed by atoms with E-state index in [0.29, 0.717) is 11.1 Å². The Hall–Kier alpha value is -3.55. The van der Waals surface area contributed by atoms with Crippen molar-refractivity contribution in [2.75, 3.05) is 0 Å². The van der Waals surface area contributed by atoms with E-state index in [4.69, 9.17) is 4.74 Å². The largest absolute Gasteiger partial charge is 0.508 e. The fourth-order valence-electron chi connectivity index (χ4n) is 1.81. The van der Waals surface area contributed by atoms with Crippen molar-refractivity contribution in [1.82, 2.24) is 0 Å². The molecule has 2 rings (SSSR count). The van der Waals surface area contributed by atoms with E-state index in [2.05, 4.69) is 4.84 Å². The Morgan fingerprint density at radius 1 is 1.12 bits per heavy atom. The van der Waals surface area contributed by atoms with E-state index in [1.54, 1.807) is 0 Å². The summed E-state index contributed by atoms with van der Waals surface area (Å²) in [6, 6.07) is 9.92. The first-order valence-corrected chi connectivity index (χ1v) is 6.71. The Kier molecular flexibility index (Phi) is 5.35. The predicted molar refractivity (Wildman–Crippen MR) is 82.7 cm³/mol. The summed E-state index contributed by atoms with van der Waals surface area (Å²) in [5.74, 6) is -0.661. The number of ether oxygens (including phenoxy) is 1. The van der Waals surface area contributed by atoms with E-state index in [9.17, 15) is 25.1 Å². The number of carbonyl (C=O) groups excluding carboxylic acids is 1. The number of esters is 1. The smallest absolute Gasteiger partial charge is 0.336 e. The van der Waals surface area contributed by atoms with Crippen molar-refractivity contribution >= 4 is 12.0 Å². The first-order valence-electron chi connectivity index (χ1n) is 6.71. The van der Waals surface area contributed by atoms with Crippen molar-refractivity contribution in [3.63, 3.8) is 0 Å². The Morgan fingerprint density at radius 2 is 1.75 bits per heavy atom. The first kappa shape index (κ1) is 16.8. The highest BCUT2D eigenvalue weighted by atomic mass is 16.9. The molecule has 124 valence electrons. The minimum absolute atomic E-state index is 0.129. The van der Waals surface area contributed by atoms with Gasteiger partial charge in [-0.2, -0.15) is 0 Å². The Bertz CT molecular complexity index is 748. The molecule has 0 bridgehead atoms. The Morgan fingerprint density at radius 3 is 2.33 bits per heavy atom. The van der Waals surface area contributed by atoms with Gasteiger partial charge in [0.2, 0.25) is 0 Å². The van der Waals surface area contributed by atoms with Gasteiger partial charge in [-0.15, -0.1) is 10.1 Å². The molecule has 0 aliphatic rings. The summed E-state index contributed by atoms with van der Waals surface area (Å²) in [5.41, 5.74) is 0.981. The van der Waals surface area contributed by atoms with Gasteiger partial charge in [-0.3, -0.25) is 0 Å². The lowest BCUT2D eigenvalue weighted by atomic mass is 10.2. The molecule has 8 nitrogen and oxygen atoms in total. The van der Waals surface area contributed by atoms with Crippen molar-refractivity contribution in [3.05, 3.63) is 69.8 Å². The second-order valence-electron chi connectivity index (χ2n) is 4.68. The molecule has 0 unspecified atom stereocenters. The fraction of sp³-hybridized carbons (Fsp3) is 0.0625. The molecule has 2 aromatic rings. The monoisotopic (exact) mass is 331 g/mol. The van der Waals surface area contributed by atoms with E-state index in [1.807, 2.05) is 0 Å². The molecule has 2 N–H and O–H groups in total. The maximum atomic E-state index is 11.7. The molecule has 0 atom stereocenters. The highest BCUT2D eigenvalue weighted by molar-refractivity contribution is 5.88. The van der Waals surface area contributed by atoms with Crippen molar-refractivity contribution in [2.24, 2.45) is 0 Å². The zero-order valence-electron chi connectivity index (χ0n) is 12.3. The molecule has 0 aliphatic carbocycles. The quantitative estimate of drug-likeness (QED) is 0.274. The summed E-state index contributed by atoms with van der Waals surface area (Å²) < 4.78 is 5.05. The number of nitrogens with zero attached hydrogens (tertiary/aromatic N) is 1. The third-order valence-corrected chi connectivity index (χ3v) is 2.82. The van der Waals surface area contributed by atoms with Crippen LogP contribution in [0.25, 0.3) is 6.08 Å². The third-order valence-electron chi connectivity index (χ3n) is 2.82. The normalized spacial score (nSPS) is 10.5. The van der Waals surface area contributed by atoms with Gasteiger partial charge in [0.25, 0.3) is 5.09 Å². The number of rotatable bonds is 6. The van der Waals surface area contributed by atoms with Crippen molar-refractivity contribution < 1.29 is 29.7 Å². The summed E-state index contributed by atoms with van der Waals surface area (Å²) in [7, 11) is 0. The highest BCUT2D eigenvalue weighted by Crippen LogP contribution is 2.21. The van der Waals surface area contributed by atoms with E-state index in [0.717, 1.165) is 6.08 Å². The van der Waals surface area contributed by atoms with Crippen LogP contribution < -0.4 is 4.74 Å². The van der Waals surface area contributed by atoms with Gasteiger partial charge in [0.15, 0.2) is 0 Å². The second-order valence-corrected chi connectivity index (χ2v) is 4.68. The lowest BCUT2D eigenvalue weighted by molar-refractivity contribution is -0.763. The van der Waals surface area contributed by atoms with Gasteiger partial charge < -0.3 is 19.8 Å². The number of benzene rings is 2. The SMILES string of the molecule is O=C(C=Cc1cc(O)cc(O)c1)Oc1ccc(CO[N+](=O)[O-])cc1. The van der Waals surface area contributed by atoms with Gasteiger partial charge in [0, 0.05) is 12.1 Å². The summed E-state index contributed by atoms with van der Waals surface area (Å²) in [6.07, 6.45) is 2.51. The minimum atomic E-state index is -0.891. The predicted octanol–water partition coefficient (Wildman–Crippen LogP) is 2.42. The summed E-state index contributed by atoms with van der Waals surface area (Å²) in [4.78, 5) is 26.0. The molecule has 0 heterocycles. The van der Waals surface area contributed by atoms with Gasteiger partial charge >= 0.3 is 5.97 Å². The number of phenols is 2. The van der Waals surface area contributed by atoms with Gasteiger partial charge in [0.1, 0.15) is 23.9 Å². The van der Waals surface area contributed by atoms with Crippen molar-refractivity contribution in [3.8, 4) is 17.2 Å². The molecule has 0 aromatic heterocycles. The van der Waals surface area contributed by atoms with Crippen LogP contribution in [0.2, 0.25) is 0 Å². The number of phenolic OH excluding ortho intramolecular Hbond substituents is 2. The van der Waals surface area contributed by atoms with Gasteiger partial charge in [-0.1, -0.05) is 12.1 Å². The lowest BCUT2D eigenvalue weighted by Crippen LogP contribution is -2.04. The fourth-order valence-corrected chi connectivity index (χ4v) is 1.81. The van der Waals surface area contributed by atoms with Crippen LogP contribution in [0, 0.1) is 10.1 Å². The number of aromatic hydroxyl groups is 2. The molecule has 0 saturated carbocycles. The van der Waals surface area contributed by atoms with Gasteiger partial charge in [-0.05, 0) is 41.5 Å². The molecule has 0 spiro atoms. The molecule has 0 aliphatic heterocycles.